The van der Waals surface area contributed by atoms with Crippen molar-refractivity contribution in [2.24, 2.45) is 5.92 Å². The molecule has 10 heteroatoms. The van der Waals surface area contributed by atoms with Gasteiger partial charge in [-0.3, -0.25) is 9.78 Å². The maximum atomic E-state index is 13.8. The van der Waals surface area contributed by atoms with Crippen molar-refractivity contribution in [2.75, 3.05) is 33.2 Å². The Labute approximate surface area is 268 Å². The van der Waals surface area contributed by atoms with Gasteiger partial charge in [-0.15, -0.1) is 11.3 Å². The summed E-state index contributed by atoms with van der Waals surface area (Å²) in [4.78, 5) is 20.2. The van der Waals surface area contributed by atoms with Crippen LogP contribution in [0.1, 0.15) is 30.4 Å². The number of carbonyl (C=O) groups is 1. The summed E-state index contributed by atoms with van der Waals surface area (Å²) in [5.74, 6) is 0.370. The van der Waals surface area contributed by atoms with E-state index in [1.54, 1.807) is 19.3 Å². The van der Waals surface area contributed by atoms with Crippen molar-refractivity contribution in [1.82, 2.24) is 19.5 Å². The first-order chi connectivity index (χ1) is 21.2. The molecule has 2 fully saturated rings. The molecule has 44 heavy (non-hydrogen) atoms. The number of carbonyl (C=O) groups excluding carboxylic acids is 1. The average molecular weight is 649 g/mol. The third kappa shape index (κ3) is 6.92. The average Bonchev–Trinajstić information content (AvgIpc) is 3.46. The molecule has 7 nitrogen and oxygen atoms in total. The van der Waals surface area contributed by atoms with Crippen LogP contribution < -0.4 is 5.32 Å². The number of hydrogen-bond donors (Lipinski definition) is 1. The lowest BCUT2D eigenvalue weighted by atomic mass is 9.92. The van der Waals surface area contributed by atoms with E-state index in [0.29, 0.717) is 28.1 Å². The van der Waals surface area contributed by atoms with Gasteiger partial charge in [0, 0.05) is 55.9 Å². The number of benzene rings is 2. The normalized spacial score (nSPS) is 20.9. The van der Waals surface area contributed by atoms with Gasteiger partial charge in [0.25, 0.3) is 10.0 Å². The first kappa shape index (κ1) is 30.9. The standard InChI is InChI=1S/C34H37ClN4O3S2/c1-38(44(41,42)33-14-13-31(43-33)30-12-5-6-17-36-30)24-34(26-10-7-11-28(35)21-26)22-27(34)23-39-18-15-29(16-19-39)37-32(40)20-25-8-3-2-4-9-25/h2-14,17,21,27,29H,15-16,18-20,22-24H2,1H3,(H,37,40)/t27-,34+/m0/s1. The van der Waals surface area contributed by atoms with E-state index in [1.807, 2.05) is 72.8 Å². The number of piperidine rings is 1. The zero-order valence-corrected chi connectivity index (χ0v) is 27.1. The lowest BCUT2D eigenvalue weighted by Crippen LogP contribution is -2.46. The molecule has 2 aromatic carbocycles. The number of rotatable bonds is 11. The van der Waals surface area contributed by atoms with Crippen LogP contribution in [0.4, 0.5) is 0 Å². The first-order valence-electron chi connectivity index (χ1n) is 15.0. The third-order valence-corrected chi connectivity index (χ3v) is 12.6. The molecule has 1 aliphatic carbocycles. The van der Waals surface area contributed by atoms with Gasteiger partial charge in [0.1, 0.15) is 4.21 Å². The Morgan fingerprint density at radius 3 is 2.55 bits per heavy atom. The molecule has 2 atom stereocenters. The Balaban J connectivity index is 1.10. The van der Waals surface area contributed by atoms with E-state index >= 15 is 0 Å². The summed E-state index contributed by atoms with van der Waals surface area (Å²) in [6.07, 6.45) is 4.81. The number of halogens is 1. The van der Waals surface area contributed by atoms with Gasteiger partial charge in [-0.05, 0) is 72.7 Å². The number of likely N-dealkylation sites (N-methyl/N-ethyl adjacent to an activating group) is 1. The molecule has 1 amide bonds. The van der Waals surface area contributed by atoms with Gasteiger partial charge in [0.2, 0.25) is 5.91 Å². The lowest BCUT2D eigenvalue weighted by molar-refractivity contribution is -0.121. The van der Waals surface area contributed by atoms with Gasteiger partial charge in [-0.1, -0.05) is 60.1 Å². The third-order valence-electron chi connectivity index (χ3n) is 8.94. The van der Waals surface area contributed by atoms with E-state index < -0.39 is 10.0 Å². The maximum Gasteiger partial charge on any atom is 0.252 e. The van der Waals surface area contributed by atoms with E-state index in [9.17, 15) is 13.2 Å². The molecule has 2 aliphatic rings. The Morgan fingerprint density at radius 1 is 1.05 bits per heavy atom. The van der Waals surface area contributed by atoms with Crippen LogP contribution in [-0.2, 0) is 26.7 Å². The SMILES string of the molecule is CN(C[C@@]1(c2cccc(Cl)c2)C[C@H]1CN1CCC(NC(=O)Cc2ccccc2)CC1)S(=O)(=O)c1ccc(-c2ccccn2)s1. The summed E-state index contributed by atoms with van der Waals surface area (Å²) in [6, 6.07) is 27.0. The van der Waals surface area contributed by atoms with E-state index in [0.717, 1.165) is 60.6 Å². The zero-order valence-electron chi connectivity index (χ0n) is 24.7. The highest BCUT2D eigenvalue weighted by molar-refractivity contribution is 7.91. The second kappa shape index (κ2) is 13.1. The fraction of sp³-hybridized carbons (Fsp3) is 0.353. The van der Waals surface area contributed by atoms with Gasteiger partial charge < -0.3 is 10.2 Å². The molecular formula is C34H37ClN4O3S2. The minimum atomic E-state index is -3.70. The molecule has 0 spiro atoms. The number of likely N-dealkylation sites (tertiary alicyclic amines) is 1. The maximum absolute atomic E-state index is 13.8. The predicted molar refractivity (Wildman–Crippen MR) is 176 cm³/mol. The topological polar surface area (TPSA) is 82.6 Å². The second-order valence-corrected chi connectivity index (χ2v) is 15.8. The smallest absolute Gasteiger partial charge is 0.252 e. The minimum Gasteiger partial charge on any atom is -0.353 e. The van der Waals surface area contributed by atoms with Gasteiger partial charge in [0.15, 0.2) is 0 Å². The molecule has 2 aromatic heterocycles. The van der Waals surface area contributed by atoms with Crippen LogP contribution in [0.25, 0.3) is 10.6 Å². The minimum absolute atomic E-state index is 0.0685. The Bertz CT molecular complexity index is 1690. The number of nitrogens with zero attached hydrogens (tertiary/aromatic N) is 3. The van der Waals surface area contributed by atoms with E-state index in [-0.39, 0.29) is 17.4 Å². The van der Waals surface area contributed by atoms with Gasteiger partial charge in [-0.2, -0.15) is 4.31 Å². The molecular weight excluding hydrogens is 612 g/mol. The number of pyridine rings is 1. The van der Waals surface area contributed by atoms with Crippen molar-refractivity contribution in [3.63, 3.8) is 0 Å². The van der Waals surface area contributed by atoms with Gasteiger partial charge in [-0.25, -0.2) is 8.42 Å². The second-order valence-electron chi connectivity index (χ2n) is 12.0. The molecule has 3 heterocycles. The van der Waals surface area contributed by atoms with E-state index in [2.05, 4.69) is 21.3 Å². The first-order valence-corrected chi connectivity index (χ1v) is 17.7. The van der Waals surface area contributed by atoms with E-state index in [1.165, 1.54) is 15.6 Å². The van der Waals surface area contributed by atoms with Crippen molar-refractivity contribution < 1.29 is 13.2 Å². The summed E-state index contributed by atoms with van der Waals surface area (Å²) in [5.41, 5.74) is 2.56. The van der Waals surface area contributed by atoms with Crippen LogP contribution in [-0.4, -0.2) is 67.8 Å². The van der Waals surface area contributed by atoms with Crippen molar-refractivity contribution >= 4 is 38.9 Å². The number of aromatic nitrogens is 1. The van der Waals surface area contributed by atoms with Crippen LogP contribution in [0.15, 0.2) is 95.3 Å². The number of sulfonamides is 1. The van der Waals surface area contributed by atoms with Crippen molar-refractivity contribution in [3.05, 3.63) is 107 Å². The van der Waals surface area contributed by atoms with Crippen LogP contribution in [0.5, 0.6) is 0 Å². The molecule has 0 bridgehead atoms. The van der Waals surface area contributed by atoms with Gasteiger partial charge >= 0.3 is 0 Å². The summed E-state index contributed by atoms with van der Waals surface area (Å²) in [6.45, 7) is 3.06. The van der Waals surface area contributed by atoms with Crippen LogP contribution in [0.2, 0.25) is 5.02 Å². The number of hydrogen-bond acceptors (Lipinski definition) is 6. The summed E-state index contributed by atoms with van der Waals surface area (Å²) in [5, 5.41) is 3.87. The number of amides is 1. The van der Waals surface area contributed by atoms with Crippen molar-refractivity contribution in [1.29, 1.82) is 0 Å². The highest BCUT2D eigenvalue weighted by atomic mass is 35.5. The quantitative estimate of drug-likeness (QED) is 0.220. The summed E-state index contributed by atoms with van der Waals surface area (Å²) < 4.78 is 29.3. The Morgan fingerprint density at radius 2 is 1.82 bits per heavy atom. The van der Waals surface area contributed by atoms with Crippen LogP contribution in [0, 0.1) is 5.92 Å². The fourth-order valence-electron chi connectivity index (χ4n) is 6.43. The summed E-state index contributed by atoms with van der Waals surface area (Å²) >= 11 is 7.68. The zero-order chi connectivity index (χ0) is 30.7. The van der Waals surface area contributed by atoms with Gasteiger partial charge in [0.05, 0.1) is 17.0 Å². The number of nitrogens with one attached hydrogen (secondary N) is 1. The monoisotopic (exact) mass is 648 g/mol. The van der Waals surface area contributed by atoms with E-state index in [4.69, 9.17) is 11.6 Å². The molecule has 0 unspecified atom stereocenters. The highest BCUT2D eigenvalue weighted by Gasteiger charge is 2.57. The highest BCUT2D eigenvalue weighted by Crippen LogP contribution is 2.56. The molecule has 230 valence electrons. The van der Waals surface area contributed by atoms with Crippen molar-refractivity contribution in [2.45, 2.75) is 41.3 Å². The molecule has 1 saturated carbocycles. The Hall–Kier alpha value is -3.08. The molecule has 1 aliphatic heterocycles. The largest absolute Gasteiger partial charge is 0.353 e. The molecule has 6 rings (SSSR count). The lowest BCUT2D eigenvalue weighted by Gasteiger charge is -2.33. The molecule has 1 saturated heterocycles. The number of thiophene rings is 1. The van der Waals surface area contributed by atoms with Crippen LogP contribution >= 0.6 is 22.9 Å². The summed E-state index contributed by atoms with van der Waals surface area (Å²) in [7, 11) is -2.02. The van der Waals surface area contributed by atoms with Crippen molar-refractivity contribution in [3.8, 4) is 10.6 Å². The fourth-order valence-corrected chi connectivity index (χ4v) is 9.35. The predicted octanol–water partition coefficient (Wildman–Crippen LogP) is 5.87. The Kier molecular flexibility index (Phi) is 9.21. The molecule has 0 radical (unpaired) electrons. The van der Waals surface area contributed by atoms with Crippen LogP contribution in [0.3, 0.4) is 0 Å². The molecule has 1 N–H and O–H groups in total. The molecule has 4 aromatic rings.